The molecule has 1 fully saturated rings. The van der Waals surface area contributed by atoms with Crippen molar-refractivity contribution in [3.8, 4) is 0 Å². The highest BCUT2D eigenvalue weighted by molar-refractivity contribution is 5.23. The Morgan fingerprint density at radius 1 is 1.15 bits per heavy atom. The molecule has 1 saturated carbocycles. The molecule has 106 valence electrons. The van der Waals surface area contributed by atoms with Crippen molar-refractivity contribution in [2.24, 2.45) is 5.73 Å². The van der Waals surface area contributed by atoms with Crippen LogP contribution in [0.2, 0.25) is 0 Å². The average molecular weight is 271 g/mol. The van der Waals surface area contributed by atoms with E-state index in [4.69, 9.17) is 10.3 Å². The molecule has 0 atom stereocenters. The molecule has 0 bridgehead atoms. The normalized spacial score (nSPS) is 18.1. The van der Waals surface area contributed by atoms with E-state index < -0.39 is 5.54 Å². The Hall–Kier alpha value is -1.68. The summed E-state index contributed by atoms with van der Waals surface area (Å²) in [5.41, 5.74) is 8.45. The van der Waals surface area contributed by atoms with E-state index in [1.54, 1.807) is 0 Å². The maximum Gasteiger partial charge on any atom is 0.246 e. The molecule has 0 amide bonds. The van der Waals surface area contributed by atoms with Gasteiger partial charge in [0.05, 0.1) is 5.54 Å². The number of aromatic nitrogens is 2. The Kier molecular flexibility index (Phi) is 3.57. The van der Waals surface area contributed by atoms with E-state index in [9.17, 15) is 0 Å². The lowest BCUT2D eigenvalue weighted by Gasteiger charge is -2.29. The van der Waals surface area contributed by atoms with Gasteiger partial charge in [0.15, 0.2) is 5.82 Å². The highest BCUT2D eigenvalue weighted by atomic mass is 16.5. The van der Waals surface area contributed by atoms with Gasteiger partial charge in [-0.15, -0.1) is 0 Å². The zero-order chi connectivity index (χ0) is 14.0. The Balaban J connectivity index is 1.74. The van der Waals surface area contributed by atoms with Crippen molar-refractivity contribution in [2.45, 2.75) is 51.0 Å². The van der Waals surface area contributed by atoms with Gasteiger partial charge >= 0.3 is 0 Å². The van der Waals surface area contributed by atoms with Gasteiger partial charge in [-0.2, -0.15) is 4.98 Å². The number of benzene rings is 1. The first kappa shape index (κ1) is 13.3. The molecule has 1 aromatic carbocycles. The summed E-state index contributed by atoms with van der Waals surface area (Å²) in [6.07, 6.45) is 6.12. The quantitative estimate of drug-likeness (QED) is 0.931. The SMILES string of the molecule is Cc1ccc(Cc2noc(C3(N)CCCCC3)n2)cc1. The Morgan fingerprint density at radius 3 is 2.55 bits per heavy atom. The fourth-order valence-corrected chi connectivity index (χ4v) is 2.81. The summed E-state index contributed by atoms with van der Waals surface area (Å²) in [6.45, 7) is 2.08. The second kappa shape index (κ2) is 5.37. The molecule has 1 aliphatic rings. The molecule has 0 spiro atoms. The molecule has 0 radical (unpaired) electrons. The fourth-order valence-electron chi connectivity index (χ4n) is 2.81. The van der Waals surface area contributed by atoms with Crippen molar-refractivity contribution in [2.75, 3.05) is 0 Å². The van der Waals surface area contributed by atoms with Crippen LogP contribution in [0.15, 0.2) is 28.8 Å². The Labute approximate surface area is 119 Å². The van der Waals surface area contributed by atoms with Crippen molar-refractivity contribution in [1.82, 2.24) is 10.1 Å². The zero-order valence-corrected chi connectivity index (χ0v) is 11.9. The van der Waals surface area contributed by atoms with Gasteiger partial charge in [-0.1, -0.05) is 54.2 Å². The van der Waals surface area contributed by atoms with E-state index in [-0.39, 0.29) is 0 Å². The molecule has 1 heterocycles. The van der Waals surface area contributed by atoms with Gasteiger partial charge in [-0.05, 0) is 25.3 Å². The summed E-state index contributed by atoms with van der Waals surface area (Å²) >= 11 is 0. The van der Waals surface area contributed by atoms with Gasteiger partial charge in [-0.25, -0.2) is 0 Å². The average Bonchev–Trinajstić information content (AvgIpc) is 2.92. The number of hydrogen-bond acceptors (Lipinski definition) is 4. The van der Waals surface area contributed by atoms with Crippen molar-refractivity contribution in [3.63, 3.8) is 0 Å². The van der Waals surface area contributed by atoms with E-state index in [1.165, 1.54) is 17.5 Å². The molecule has 2 N–H and O–H groups in total. The minimum Gasteiger partial charge on any atom is -0.337 e. The highest BCUT2D eigenvalue weighted by Gasteiger charge is 2.35. The minimum absolute atomic E-state index is 0.406. The Morgan fingerprint density at radius 2 is 1.85 bits per heavy atom. The fraction of sp³-hybridized carbons (Fsp3) is 0.500. The summed E-state index contributed by atoms with van der Waals surface area (Å²) in [7, 11) is 0. The smallest absolute Gasteiger partial charge is 0.246 e. The number of nitrogens with zero attached hydrogens (tertiary/aromatic N) is 2. The van der Waals surface area contributed by atoms with Crippen LogP contribution in [-0.4, -0.2) is 10.1 Å². The number of nitrogens with two attached hydrogens (primary N) is 1. The van der Waals surface area contributed by atoms with E-state index in [0.29, 0.717) is 12.3 Å². The first-order chi connectivity index (χ1) is 9.66. The molecule has 20 heavy (non-hydrogen) atoms. The molecule has 0 saturated heterocycles. The van der Waals surface area contributed by atoms with Crippen LogP contribution in [0.5, 0.6) is 0 Å². The summed E-state index contributed by atoms with van der Waals surface area (Å²) < 4.78 is 5.42. The van der Waals surface area contributed by atoms with Gasteiger partial charge in [-0.3, -0.25) is 0 Å². The molecule has 1 aliphatic carbocycles. The first-order valence-electron chi connectivity index (χ1n) is 7.33. The number of aryl methyl sites for hydroxylation is 1. The molecule has 2 aromatic rings. The van der Waals surface area contributed by atoms with E-state index in [1.807, 2.05) is 0 Å². The third-order valence-electron chi connectivity index (χ3n) is 4.12. The van der Waals surface area contributed by atoms with Gasteiger partial charge in [0, 0.05) is 6.42 Å². The molecule has 0 aliphatic heterocycles. The van der Waals surface area contributed by atoms with E-state index in [2.05, 4.69) is 41.3 Å². The molecule has 4 nitrogen and oxygen atoms in total. The van der Waals surface area contributed by atoms with Crippen molar-refractivity contribution in [3.05, 3.63) is 47.1 Å². The lowest BCUT2D eigenvalue weighted by atomic mass is 9.82. The first-order valence-corrected chi connectivity index (χ1v) is 7.33. The van der Waals surface area contributed by atoms with Crippen LogP contribution < -0.4 is 5.73 Å². The standard InChI is InChI=1S/C16H21N3O/c1-12-5-7-13(8-6-12)11-14-18-15(20-19-14)16(17)9-3-2-4-10-16/h5-8H,2-4,9-11,17H2,1H3. The summed E-state index contributed by atoms with van der Waals surface area (Å²) in [4.78, 5) is 4.52. The summed E-state index contributed by atoms with van der Waals surface area (Å²) in [5.74, 6) is 1.33. The maximum absolute atomic E-state index is 6.41. The zero-order valence-electron chi connectivity index (χ0n) is 11.9. The van der Waals surface area contributed by atoms with Crippen LogP contribution >= 0.6 is 0 Å². The van der Waals surface area contributed by atoms with Crippen LogP contribution in [0.4, 0.5) is 0 Å². The van der Waals surface area contributed by atoms with Crippen LogP contribution in [0, 0.1) is 6.92 Å². The van der Waals surface area contributed by atoms with Crippen molar-refractivity contribution < 1.29 is 4.52 Å². The second-order valence-electron chi connectivity index (χ2n) is 5.89. The summed E-state index contributed by atoms with van der Waals surface area (Å²) in [5, 5.41) is 4.09. The van der Waals surface area contributed by atoms with Crippen LogP contribution in [0.25, 0.3) is 0 Å². The third-order valence-corrected chi connectivity index (χ3v) is 4.12. The number of rotatable bonds is 3. The predicted molar refractivity (Wildman–Crippen MR) is 77.2 cm³/mol. The highest BCUT2D eigenvalue weighted by Crippen LogP contribution is 2.33. The third kappa shape index (κ3) is 2.75. The number of hydrogen-bond donors (Lipinski definition) is 1. The van der Waals surface area contributed by atoms with Gasteiger partial charge in [0.1, 0.15) is 0 Å². The van der Waals surface area contributed by atoms with Crippen LogP contribution in [0.1, 0.15) is 54.9 Å². The van der Waals surface area contributed by atoms with E-state index in [0.717, 1.165) is 31.5 Å². The van der Waals surface area contributed by atoms with Gasteiger partial charge in [0.2, 0.25) is 5.89 Å². The van der Waals surface area contributed by atoms with Crippen molar-refractivity contribution in [1.29, 1.82) is 0 Å². The van der Waals surface area contributed by atoms with Crippen LogP contribution in [0.3, 0.4) is 0 Å². The lowest BCUT2D eigenvalue weighted by molar-refractivity contribution is 0.219. The molecule has 4 heteroatoms. The van der Waals surface area contributed by atoms with Crippen molar-refractivity contribution >= 4 is 0 Å². The summed E-state index contributed by atoms with van der Waals surface area (Å²) in [6, 6.07) is 8.40. The molecular formula is C16H21N3O. The van der Waals surface area contributed by atoms with Gasteiger partial charge in [0.25, 0.3) is 0 Å². The largest absolute Gasteiger partial charge is 0.337 e. The predicted octanol–water partition coefficient (Wildman–Crippen LogP) is 3.09. The topological polar surface area (TPSA) is 64.9 Å². The molecule has 1 aromatic heterocycles. The lowest BCUT2D eigenvalue weighted by Crippen LogP contribution is -2.39. The monoisotopic (exact) mass is 271 g/mol. The molecule has 0 unspecified atom stereocenters. The van der Waals surface area contributed by atoms with Crippen LogP contribution in [-0.2, 0) is 12.0 Å². The Bertz CT molecular complexity index is 568. The minimum atomic E-state index is -0.406. The van der Waals surface area contributed by atoms with E-state index >= 15 is 0 Å². The molecular weight excluding hydrogens is 250 g/mol. The second-order valence-corrected chi connectivity index (χ2v) is 5.89. The molecule has 3 rings (SSSR count). The maximum atomic E-state index is 6.41. The van der Waals surface area contributed by atoms with Gasteiger partial charge < -0.3 is 10.3 Å².